The number of hydrogen-bond donors (Lipinski definition) is 1. The SMILES string of the molecule is CCNC(=NCC(c1ccccc1)C(C)C)N1CCN(C(=O)c2ccco2)CC1.I. The van der Waals surface area contributed by atoms with Gasteiger partial charge in [-0.2, -0.15) is 0 Å². The lowest BCUT2D eigenvalue weighted by Crippen LogP contribution is -2.53. The molecular formula is C23H33IN4O2. The number of piperazine rings is 1. The van der Waals surface area contributed by atoms with E-state index in [1.807, 2.05) is 4.90 Å². The summed E-state index contributed by atoms with van der Waals surface area (Å²) in [5, 5.41) is 3.42. The molecule has 2 heterocycles. The molecule has 0 spiro atoms. The first-order valence-corrected chi connectivity index (χ1v) is 10.5. The first-order valence-electron chi connectivity index (χ1n) is 10.5. The van der Waals surface area contributed by atoms with Crippen LogP contribution in [0, 0.1) is 5.92 Å². The predicted molar refractivity (Wildman–Crippen MR) is 132 cm³/mol. The molecule has 1 aromatic heterocycles. The second-order valence-electron chi connectivity index (χ2n) is 7.71. The number of rotatable bonds is 6. The summed E-state index contributed by atoms with van der Waals surface area (Å²) in [7, 11) is 0. The fourth-order valence-corrected chi connectivity index (χ4v) is 3.69. The number of nitrogens with one attached hydrogen (secondary N) is 1. The van der Waals surface area contributed by atoms with E-state index in [0.29, 0.717) is 30.7 Å². The maximum atomic E-state index is 12.5. The number of carbonyl (C=O) groups excluding carboxylic acids is 1. The molecule has 0 aliphatic carbocycles. The van der Waals surface area contributed by atoms with Gasteiger partial charge in [0.05, 0.1) is 6.26 Å². The molecule has 164 valence electrons. The third kappa shape index (κ3) is 6.23. The van der Waals surface area contributed by atoms with E-state index in [9.17, 15) is 4.79 Å². The van der Waals surface area contributed by atoms with Crippen molar-refractivity contribution in [2.75, 3.05) is 39.3 Å². The van der Waals surface area contributed by atoms with E-state index < -0.39 is 0 Å². The van der Waals surface area contributed by atoms with Crippen LogP contribution >= 0.6 is 24.0 Å². The van der Waals surface area contributed by atoms with Gasteiger partial charge in [0, 0.05) is 45.2 Å². The van der Waals surface area contributed by atoms with Gasteiger partial charge < -0.3 is 19.5 Å². The first-order chi connectivity index (χ1) is 14.1. The number of carbonyl (C=O) groups is 1. The Hall–Kier alpha value is -2.03. The van der Waals surface area contributed by atoms with Crippen LogP contribution < -0.4 is 5.32 Å². The summed E-state index contributed by atoms with van der Waals surface area (Å²) in [4.78, 5) is 21.5. The lowest BCUT2D eigenvalue weighted by atomic mass is 9.88. The highest BCUT2D eigenvalue weighted by atomic mass is 127. The fourth-order valence-electron chi connectivity index (χ4n) is 3.69. The third-order valence-corrected chi connectivity index (χ3v) is 5.40. The Bertz CT molecular complexity index is 785. The molecule has 1 amide bonds. The van der Waals surface area contributed by atoms with E-state index in [1.54, 1.807) is 12.1 Å². The number of benzene rings is 1. The van der Waals surface area contributed by atoms with Crippen LogP contribution in [0.1, 0.15) is 42.8 Å². The Balaban J connectivity index is 0.00000320. The van der Waals surface area contributed by atoms with Crippen LogP contribution in [0.5, 0.6) is 0 Å². The largest absolute Gasteiger partial charge is 0.459 e. The number of guanidine groups is 1. The van der Waals surface area contributed by atoms with E-state index >= 15 is 0 Å². The minimum Gasteiger partial charge on any atom is -0.459 e. The average Bonchev–Trinajstić information content (AvgIpc) is 3.28. The zero-order valence-corrected chi connectivity index (χ0v) is 20.4. The smallest absolute Gasteiger partial charge is 0.289 e. The topological polar surface area (TPSA) is 61.1 Å². The Labute approximate surface area is 196 Å². The fraction of sp³-hybridized carbons (Fsp3) is 0.478. The van der Waals surface area contributed by atoms with Crippen molar-refractivity contribution in [3.8, 4) is 0 Å². The first kappa shape index (κ1) is 24.2. The zero-order chi connectivity index (χ0) is 20.6. The molecule has 2 aromatic rings. The lowest BCUT2D eigenvalue weighted by Gasteiger charge is -2.36. The molecule has 1 aromatic carbocycles. The lowest BCUT2D eigenvalue weighted by molar-refractivity contribution is 0.0657. The maximum absolute atomic E-state index is 12.5. The van der Waals surface area contributed by atoms with E-state index in [0.717, 1.165) is 32.1 Å². The monoisotopic (exact) mass is 524 g/mol. The summed E-state index contributed by atoms with van der Waals surface area (Å²) in [6, 6.07) is 14.1. The molecule has 1 fully saturated rings. The van der Waals surface area contributed by atoms with E-state index in [2.05, 4.69) is 61.3 Å². The molecule has 0 bridgehead atoms. The third-order valence-electron chi connectivity index (χ3n) is 5.40. The minimum atomic E-state index is -0.0412. The standard InChI is InChI=1S/C23H32N4O2.HI/c1-4-24-23(25-17-20(18(2)3)19-9-6-5-7-10-19)27-14-12-26(13-15-27)22(28)21-11-8-16-29-21;/h5-11,16,18,20H,4,12-15,17H2,1-3H3,(H,24,25);1H. The van der Waals surface area contributed by atoms with Gasteiger partial charge in [-0.25, -0.2) is 0 Å². The van der Waals surface area contributed by atoms with Crippen LogP contribution in [0.3, 0.4) is 0 Å². The van der Waals surface area contributed by atoms with Gasteiger partial charge in [-0.15, -0.1) is 24.0 Å². The molecule has 7 heteroatoms. The normalized spacial score (nSPS) is 15.7. The van der Waals surface area contributed by atoms with Crippen LogP contribution in [0.4, 0.5) is 0 Å². The van der Waals surface area contributed by atoms with Crippen molar-refractivity contribution in [1.29, 1.82) is 0 Å². The highest BCUT2D eigenvalue weighted by molar-refractivity contribution is 14.0. The van der Waals surface area contributed by atoms with E-state index in [-0.39, 0.29) is 29.9 Å². The van der Waals surface area contributed by atoms with Crippen molar-refractivity contribution >= 4 is 35.8 Å². The minimum absolute atomic E-state index is 0. The molecule has 3 rings (SSSR count). The second kappa shape index (κ2) is 12.0. The maximum Gasteiger partial charge on any atom is 0.289 e. The van der Waals surface area contributed by atoms with Crippen LogP contribution in [0.15, 0.2) is 58.1 Å². The predicted octanol–water partition coefficient (Wildman–Crippen LogP) is 4.06. The molecule has 30 heavy (non-hydrogen) atoms. The molecule has 6 nitrogen and oxygen atoms in total. The van der Waals surface area contributed by atoms with Gasteiger partial charge in [-0.05, 0) is 30.5 Å². The van der Waals surface area contributed by atoms with Gasteiger partial charge >= 0.3 is 0 Å². The molecule has 1 aliphatic heterocycles. The Morgan fingerprint density at radius 2 is 1.73 bits per heavy atom. The van der Waals surface area contributed by atoms with Gasteiger partial charge in [0.2, 0.25) is 0 Å². The summed E-state index contributed by atoms with van der Waals surface area (Å²) in [5.74, 6) is 2.18. The molecule has 1 saturated heterocycles. The summed E-state index contributed by atoms with van der Waals surface area (Å²) in [6.07, 6.45) is 1.54. The second-order valence-corrected chi connectivity index (χ2v) is 7.71. The molecule has 1 N–H and O–H groups in total. The summed E-state index contributed by atoms with van der Waals surface area (Å²) < 4.78 is 5.25. The number of furan rings is 1. The van der Waals surface area contributed by atoms with Crippen molar-refractivity contribution in [3.05, 3.63) is 60.1 Å². The quantitative estimate of drug-likeness (QED) is 0.352. The number of amides is 1. The summed E-state index contributed by atoms with van der Waals surface area (Å²) in [5.41, 5.74) is 1.33. The Kier molecular flexibility index (Phi) is 9.68. The van der Waals surface area contributed by atoms with Crippen molar-refractivity contribution in [1.82, 2.24) is 15.1 Å². The number of aliphatic imine (C=N–C) groups is 1. The summed E-state index contributed by atoms with van der Waals surface area (Å²) >= 11 is 0. The molecule has 0 radical (unpaired) electrons. The van der Waals surface area contributed by atoms with Crippen molar-refractivity contribution in [2.24, 2.45) is 10.9 Å². The van der Waals surface area contributed by atoms with Crippen molar-refractivity contribution in [2.45, 2.75) is 26.7 Å². The van der Waals surface area contributed by atoms with Crippen molar-refractivity contribution < 1.29 is 9.21 Å². The van der Waals surface area contributed by atoms with Gasteiger partial charge in [0.25, 0.3) is 5.91 Å². The number of halogens is 1. The van der Waals surface area contributed by atoms with E-state index in [4.69, 9.17) is 9.41 Å². The van der Waals surface area contributed by atoms with Crippen molar-refractivity contribution in [3.63, 3.8) is 0 Å². The van der Waals surface area contributed by atoms with E-state index in [1.165, 1.54) is 11.8 Å². The molecular weight excluding hydrogens is 491 g/mol. The Morgan fingerprint density at radius 1 is 1.07 bits per heavy atom. The number of hydrogen-bond acceptors (Lipinski definition) is 3. The van der Waals surface area contributed by atoms with Gasteiger partial charge in [0.1, 0.15) is 0 Å². The number of nitrogens with zero attached hydrogens (tertiary/aromatic N) is 3. The van der Waals surface area contributed by atoms with Crippen LogP contribution in [-0.4, -0.2) is 60.9 Å². The average molecular weight is 524 g/mol. The van der Waals surface area contributed by atoms with Crippen LogP contribution in [0.25, 0.3) is 0 Å². The van der Waals surface area contributed by atoms with Gasteiger partial charge in [0.15, 0.2) is 11.7 Å². The highest BCUT2D eigenvalue weighted by Gasteiger charge is 2.25. The van der Waals surface area contributed by atoms with Crippen LogP contribution in [0.2, 0.25) is 0 Å². The molecule has 1 atom stereocenters. The van der Waals surface area contributed by atoms with Crippen LogP contribution in [-0.2, 0) is 0 Å². The molecule has 1 aliphatic rings. The summed E-state index contributed by atoms with van der Waals surface area (Å²) in [6.45, 7) is 11.0. The van der Waals surface area contributed by atoms with Gasteiger partial charge in [-0.1, -0.05) is 44.2 Å². The Morgan fingerprint density at radius 3 is 2.30 bits per heavy atom. The van der Waals surface area contributed by atoms with Gasteiger partial charge in [-0.3, -0.25) is 9.79 Å². The highest BCUT2D eigenvalue weighted by Crippen LogP contribution is 2.24. The molecule has 0 saturated carbocycles. The zero-order valence-electron chi connectivity index (χ0n) is 18.1. The molecule has 1 unspecified atom stereocenters.